The molecular weight excluding hydrogens is 428 g/mol. The van der Waals surface area contributed by atoms with E-state index >= 15 is 0 Å². The number of carbonyl (C=O) groups excluding carboxylic acids is 1. The molecule has 32 heavy (non-hydrogen) atoms. The molecule has 4 aromatic rings. The van der Waals surface area contributed by atoms with Crippen molar-refractivity contribution in [3.63, 3.8) is 0 Å². The zero-order valence-electron chi connectivity index (χ0n) is 17.7. The molecule has 5 rings (SSSR count). The lowest BCUT2D eigenvalue weighted by Gasteiger charge is -2.23. The van der Waals surface area contributed by atoms with Crippen molar-refractivity contribution < 1.29 is 19.1 Å². The van der Waals surface area contributed by atoms with Crippen molar-refractivity contribution in [2.24, 2.45) is 0 Å². The minimum Gasteiger partial charge on any atom is -0.504 e. The lowest BCUT2D eigenvalue weighted by molar-refractivity contribution is 0.0971. The predicted molar refractivity (Wildman–Crippen MR) is 122 cm³/mol. The molecule has 2 aromatic heterocycles. The van der Waals surface area contributed by atoms with Crippen LogP contribution >= 0.6 is 11.3 Å². The van der Waals surface area contributed by atoms with Crippen molar-refractivity contribution in [1.82, 2.24) is 4.98 Å². The Morgan fingerprint density at radius 1 is 1.19 bits per heavy atom. The molecule has 0 aliphatic carbocycles. The number of amides is 1. The second-order valence-electron chi connectivity index (χ2n) is 7.55. The van der Waals surface area contributed by atoms with Crippen LogP contribution in [0, 0.1) is 13.8 Å². The number of hydrogen-bond acceptors (Lipinski definition) is 7. The third-order valence-electron chi connectivity index (χ3n) is 5.60. The van der Waals surface area contributed by atoms with Gasteiger partial charge in [0.1, 0.15) is 5.58 Å². The first-order chi connectivity index (χ1) is 15.4. The number of thiazole rings is 1. The predicted octanol–water partition coefficient (Wildman–Crippen LogP) is 4.72. The highest BCUT2D eigenvalue weighted by atomic mass is 32.1. The van der Waals surface area contributed by atoms with E-state index in [1.807, 2.05) is 20.8 Å². The van der Waals surface area contributed by atoms with Crippen LogP contribution in [-0.2, 0) is 0 Å². The maximum Gasteiger partial charge on any atom is 0.297 e. The van der Waals surface area contributed by atoms with E-state index in [-0.39, 0.29) is 28.3 Å². The Kier molecular flexibility index (Phi) is 4.74. The van der Waals surface area contributed by atoms with Gasteiger partial charge in [0.15, 0.2) is 22.1 Å². The van der Waals surface area contributed by atoms with Crippen molar-refractivity contribution in [3.8, 4) is 11.5 Å². The second-order valence-corrected chi connectivity index (χ2v) is 8.73. The number of benzene rings is 2. The summed E-state index contributed by atoms with van der Waals surface area (Å²) in [4.78, 5) is 34.2. The Morgan fingerprint density at radius 3 is 2.69 bits per heavy atom. The molecule has 1 amide bonds. The van der Waals surface area contributed by atoms with Gasteiger partial charge in [0.2, 0.25) is 5.76 Å². The molecule has 0 fully saturated rings. The van der Waals surface area contributed by atoms with E-state index in [1.54, 1.807) is 36.4 Å². The highest BCUT2D eigenvalue weighted by molar-refractivity contribution is 7.15. The monoisotopic (exact) mass is 448 g/mol. The highest BCUT2D eigenvalue weighted by Crippen LogP contribution is 2.44. The summed E-state index contributed by atoms with van der Waals surface area (Å²) in [6.07, 6.45) is 0. The molecule has 7 nitrogen and oxygen atoms in total. The van der Waals surface area contributed by atoms with Crippen molar-refractivity contribution in [1.29, 1.82) is 0 Å². The normalized spacial score (nSPS) is 15.4. The number of carbonyl (C=O) groups is 1. The van der Waals surface area contributed by atoms with E-state index in [9.17, 15) is 14.7 Å². The van der Waals surface area contributed by atoms with Crippen molar-refractivity contribution in [2.75, 3.05) is 11.5 Å². The van der Waals surface area contributed by atoms with E-state index in [0.29, 0.717) is 28.3 Å². The van der Waals surface area contributed by atoms with Gasteiger partial charge >= 0.3 is 0 Å². The number of phenolic OH excluding ortho intramolecular Hbond substituents is 1. The summed E-state index contributed by atoms with van der Waals surface area (Å²) in [5.74, 6) is -0.149. The minimum atomic E-state index is -0.761. The van der Waals surface area contributed by atoms with Gasteiger partial charge in [-0.15, -0.1) is 11.3 Å². The molecule has 2 aromatic carbocycles. The number of aryl methyl sites for hydroxylation is 2. The van der Waals surface area contributed by atoms with Gasteiger partial charge < -0.3 is 14.3 Å². The first-order valence-corrected chi connectivity index (χ1v) is 11.0. The highest BCUT2D eigenvalue weighted by Gasteiger charge is 2.45. The summed E-state index contributed by atoms with van der Waals surface area (Å²) in [6, 6.07) is 11.0. The van der Waals surface area contributed by atoms with Gasteiger partial charge in [-0.1, -0.05) is 18.2 Å². The molecule has 1 N–H and O–H groups in total. The summed E-state index contributed by atoms with van der Waals surface area (Å²) in [6.45, 7) is 5.99. The summed E-state index contributed by atoms with van der Waals surface area (Å²) < 4.78 is 11.5. The standard InChI is InChI=1S/C24H20N2O5S/c1-4-30-18-11-14(9-10-16(18)27)20-19-21(28)15-7-5-6-8-17(15)31-22(19)23(29)26(20)24-25-12(2)13(3)32-24/h5-11,20,27H,4H2,1-3H3/t20-/m1/s1. The van der Waals surface area contributed by atoms with E-state index in [0.717, 1.165) is 10.6 Å². The lowest BCUT2D eigenvalue weighted by Crippen LogP contribution is -2.29. The van der Waals surface area contributed by atoms with Gasteiger partial charge in [-0.25, -0.2) is 4.98 Å². The summed E-state index contributed by atoms with van der Waals surface area (Å²) >= 11 is 1.38. The Bertz CT molecular complexity index is 1420. The molecule has 0 radical (unpaired) electrons. The van der Waals surface area contributed by atoms with E-state index in [2.05, 4.69) is 4.98 Å². The zero-order chi connectivity index (χ0) is 22.6. The van der Waals surface area contributed by atoms with Gasteiger partial charge in [-0.05, 0) is 50.6 Å². The average Bonchev–Trinajstić information content (AvgIpc) is 3.26. The molecular formula is C24H20N2O5S. The first-order valence-electron chi connectivity index (χ1n) is 10.2. The lowest BCUT2D eigenvalue weighted by atomic mass is 9.98. The topological polar surface area (TPSA) is 92.9 Å². The van der Waals surface area contributed by atoms with E-state index in [1.165, 1.54) is 22.3 Å². The maximum atomic E-state index is 13.6. The number of hydrogen-bond donors (Lipinski definition) is 1. The fourth-order valence-electron chi connectivity index (χ4n) is 3.96. The number of phenols is 1. The number of aromatic nitrogens is 1. The van der Waals surface area contributed by atoms with Crippen molar-refractivity contribution in [2.45, 2.75) is 26.8 Å². The molecule has 3 heterocycles. The Hall–Kier alpha value is -3.65. The van der Waals surface area contributed by atoms with Crippen LogP contribution in [-0.4, -0.2) is 22.6 Å². The molecule has 8 heteroatoms. The number of ether oxygens (including phenoxy) is 1. The van der Waals surface area contributed by atoms with Crippen LogP contribution in [0.25, 0.3) is 11.0 Å². The Balaban J connectivity index is 1.80. The largest absolute Gasteiger partial charge is 0.504 e. The molecule has 0 saturated carbocycles. The fourth-order valence-corrected chi connectivity index (χ4v) is 4.90. The smallest absolute Gasteiger partial charge is 0.297 e. The van der Waals surface area contributed by atoms with Gasteiger partial charge in [0.05, 0.1) is 29.3 Å². The Morgan fingerprint density at radius 2 is 1.97 bits per heavy atom. The molecule has 0 bridgehead atoms. The fraction of sp³-hybridized carbons (Fsp3) is 0.208. The summed E-state index contributed by atoms with van der Waals surface area (Å²) in [5, 5.41) is 11.1. The van der Waals surface area contributed by atoms with Crippen molar-refractivity contribution >= 4 is 33.3 Å². The van der Waals surface area contributed by atoms with Crippen molar-refractivity contribution in [3.05, 3.63) is 80.1 Å². The maximum absolute atomic E-state index is 13.6. The van der Waals surface area contributed by atoms with Crippen LogP contribution in [0.1, 0.15) is 45.2 Å². The molecule has 1 aliphatic heterocycles. The summed E-state index contributed by atoms with van der Waals surface area (Å²) in [5.41, 5.74) is 1.78. The third kappa shape index (κ3) is 2.98. The van der Waals surface area contributed by atoms with Crippen LogP contribution in [0.15, 0.2) is 51.7 Å². The van der Waals surface area contributed by atoms with Crippen LogP contribution in [0.5, 0.6) is 11.5 Å². The molecule has 1 atom stereocenters. The zero-order valence-corrected chi connectivity index (χ0v) is 18.5. The van der Waals surface area contributed by atoms with Crippen LogP contribution < -0.4 is 15.1 Å². The van der Waals surface area contributed by atoms with E-state index in [4.69, 9.17) is 9.15 Å². The SMILES string of the molecule is CCOc1cc([C@@H]2c3c(oc4ccccc4c3=O)C(=O)N2c2nc(C)c(C)s2)ccc1O. The van der Waals surface area contributed by atoms with Crippen LogP contribution in [0.3, 0.4) is 0 Å². The van der Waals surface area contributed by atoms with Gasteiger partial charge in [0.25, 0.3) is 5.91 Å². The van der Waals surface area contributed by atoms with Gasteiger partial charge in [-0.2, -0.15) is 0 Å². The Labute approximate surface area is 187 Å². The average molecular weight is 449 g/mol. The number of rotatable bonds is 4. The van der Waals surface area contributed by atoms with Gasteiger partial charge in [0, 0.05) is 4.88 Å². The molecule has 1 aliphatic rings. The van der Waals surface area contributed by atoms with E-state index < -0.39 is 11.9 Å². The number of fused-ring (bicyclic) bond motifs is 2. The first kappa shape index (κ1) is 20.3. The molecule has 0 unspecified atom stereocenters. The number of anilines is 1. The number of para-hydroxylation sites is 1. The second kappa shape index (κ2) is 7.49. The molecule has 0 spiro atoms. The van der Waals surface area contributed by atoms with Gasteiger partial charge in [-0.3, -0.25) is 14.5 Å². The van der Waals surface area contributed by atoms with Crippen LogP contribution in [0.4, 0.5) is 5.13 Å². The quantitative estimate of drug-likeness (QED) is 0.486. The summed E-state index contributed by atoms with van der Waals surface area (Å²) in [7, 11) is 0. The van der Waals surface area contributed by atoms with Crippen LogP contribution in [0.2, 0.25) is 0 Å². The minimum absolute atomic E-state index is 0.00948. The number of nitrogens with zero attached hydrogens (tertiary/aromatic N) is 2. The number of aromatic hydroxyl groups is 1. The third-order valence-corrected chi connectivity index (χ3v) is 6.67. The molecule has 0 saturated heterocycles. The molecule has 162 valence electrons.